The number of aromatic hydroxyl groups is 1. The highest BCUT2D eigenvalue weighted by atomic mass is 32.2. The molecule has 0 aliphatic carbocycles. The number of Topliss-reactive ketones (excluding diaryl/α,β-unsaturated/α-hetero) is 2. The van der Waals surface area contributed by atoms with Crippen molar-refractivity contribution in [2.45, 2.75) is 190 Å². The van der Waals surface area contributed by atoms with E-state index in [1.165, 1.54) is 28.9 Å². The van der Waals surface area contributed by atoms with Crippen molar-refractivity contribution < 1.29 is 72.4 Å². The van der Waals surface area contributed by atoms with Gasteiger partial charge in [0.2, 0.25) is 41.4 Å². The number of nitrogens with zero attached hydrogens (tertiary/aromatic N) is 4. The van der Waals surface area contributed by atoms with Gasteiger partial charge >= 0.3 is 6.03 Å². The topological polar surface area (TPSA) is 482 Å². The van der Waals surface area contributed by atoms with E-state index in [-0.39, 0.29) is 120 Å². The SMILES string of the molecule is CC(C)C[C@@H]1NC(C)[C@H](CC(N)=O)NC(=O)[C@H](Cc2ccc(O)cc2)NC(=O)[C@H](CO)NC(=O)[C@H](CCCN=C(N)N)NC(=O)[C@@H](CC(=O)COCCOCCOCCCC(=O)CCCC[C@@H]2SC[C@@H]3NC(=O)N[C@@H]32)Cc2cn(nn2)CCCC[C@@H](C(N)=O)NC1=O. The zero-order valence-electron chi connectivity index (χ0n) is 52.9. The molecule has 9 amide bonds. The van der Waals surface area contributed by atoms with Gasteiger partial charge in [-0.25, -0.2) is 4.79 Å². The van der Waals surface area contributed by atoms with Crippen molar-refractivity contribution >= 4 is 76.7 Å². The van der Waals surface area contributed by atoms with E-state index in [4.69, 9.17) is 37.1 Å². The van der Waals surface area contributed by atoms with Crippen LogP contribution >= 0.6 is 11.8 Å². The van der Waals surface area contributed by atoms with Gasteiger partial charge in [0, 0.05) is 81.5 Å². The molecule has 3 aliphatic heterocycles. The lowest BCUT2D eigenvalue weighted by molar-refractivity contribution is -0.136. The van der Waals surface area contributed by atoms with Gasteiger partial charge in [0.15, 0.2) is 11.7 Å². The molecule has 92 heavy (non-hydrogen) atoms. The molecule has 18 N–H and O–H groups in total. The summed E-state index contributed by atoms with van der Waals surface area (Å²) in [5, 5.41) is 51.9. The van der Waals surface area contributed by atoms with Crippen LogP contribution in [0.3, 0.4) is 0 Å². The predicted molar refractivity (Wildman–Crippen MR) is 339 cm³/mol. The highest BCUT2D eigenvalue weighted by Crippen LogP contribution is 2.33. The van der Waals surface area contributed by atoms with Crippen molar-refractivity contribution in [3.8, 4) is 5.75 Å². The number of aliphatic hydroxyl groups is 1. The third-order valence-electron chi connectivity index (χ3n) is 15.8. The number of primary amides is 2. The largest absolute Gasteiger partial charge is 0.508 e. The minimum atomic E-state index is -1.73. The summed E-state index contributed by atoms with van der Waals surface area (Å²) in [4.78, 5) is 139. The van der Waals surface area contributed by atoms with Crippen LogP contribution in [0.5, 0.6) is 5.75 Å². The average Bonchev–Trinajstić information content (AvgIpc) is 1.67. The highest BCUT2D eigenvalue weighted by molar-refractivity contribution is 8.00. The molecule has 2 aromatic rings. The Bertz CT molecular complexity index is 2770. The number of aryl methyl sites for hydroxylation is 1. The predicted octanol–water partition coefficient (Wildman–Crippen LogP) is -2.12. The molecule has 0 spiro atoms. The Morgan fingerprint density at radius 1 is 0.728 bits per heavy atom. The molecule has 2 bridgehead atoms. The summed E-state index contributed by atoms with van der Waals surface area (Å²) in [6.07, 6.45) is 5.77. The smallest absolute Gasteiger partial charge is 0.315 e. The van der Waals surface area contributed by atoms with E-state index in [1.807, 2.05) is 25.6 Å². The molecule has 512 valence electrons. The zero-order chi connectivity index (χ0) is 67.1. The van der Waals surface area contributed by atoms with Gasteiger partial charge in [0.25, 0.3) is 0 Å². The summed E-state index contributed by atoms with van der Waals surface area (Å²) < 4.78 is 18.4. The minimum absolute atomic E-state index is 0.0197. The number of aliphatic hydroxyl groups excluding tert-OH is 1. The first-order valence-electron chi connectivity index (χ1n) is 31.6. The number of carbonyl (C=O) groups is 10. The standard InChI is InChI=1S/C60H96N16O15S/c1-35(2)26-46-56(85)67-43(53(62)82)12-6-7-20-76-31-39(74-75-76)28-38(29-42(80)33-91-25-24-90-23-22-89-21-9-11-40(78)10-4-5-14-50-52-49(34-92-50)72-60(88)73-52)54(83)68-44(13-8-19-65-59(63)64)55(84)71-48(32-77)58(87)70-47(27-37-15-17-41(79)18-16-37)57(86)69-45(30-51(61)81)36(3)66-46/h15-18,31,35-36,38,43-50,52,66,77,79H,4-14,19-30,32-34H2,1-3H3,(H2,61,81)(H2,62,82)(H,67,85)(H,68,83)(H,69,86)(H,70,87)(H,71,84)(H4,63,64,65)(H2,72,73,88)/t36?,38-,43+,44+,45+,46+,47+,48+,49+,50+,52+/m1/s1. The monoisotopic (exact) mass is 1310 g/mol. The molecule has 1 aromatic heterocycles. The number of carbonyl (C=O) groups excluding carboxylic acids is 10. The number of thioether (sulfide) groups is 1. The number of ketones is 2. The Hall–Kier alpha value is -7.52. The number of phenolic OH excluding ortho intramolecular Hbond substituents is 1. The normalized spacial score (nSPS) is 24.8. The van der Waals surface area contributed by atoms with Gasteiger partial charge in [-0.1, -0.05) is 37.6 Å². The van der Waals surface area contributed by atoms with E-state index in [0.29, 0.717) is 55.2 Å². The molecule has 31 nitrogen and oxygen atoms in total. The summed E-state index contributed by atoms with van der Waals surface area (Å²) in [7, 11) is 0. The third kappa shape index (κ3) is 27.4. The molecule has 1 aromatic carbocycles. The van der Waals surface area contributed by atoms with E-state index in [9.17, 15) is 58.2 Å². The maximum absolute atomic E-state index is 14.5. The van der Waals surface area contributed by atoms with Crippen molar-refractivity contribution in [3.05, 3.63) is 41.7 Å². The first-order valence-corrected chi connectivity index (χ1v) is 32.7. The summed E-state index contributed by atoms with van der Waals surface area (Å²) >= 11 is 1.86. The van der Waals surface area contributed by atoms with Crippen LogP contribution in [-0.2, 0) is 76.7 Å². The van der Waals surface area contributed by atoms with E-state index < -0.39 is 121 Å². The number of benzene rings is 1. The van der Waals surface area contributed by atoms with E-state index in [2.05, 4.69) is 57.8 Å². The molecule has 1 unspecified atom stereocenters. The number of urea groups is 1. The van der Waals surface area contributed by atoms with Crippen LogP contribution in [0.4, 0.5) is 4.79 Å². The van der Waals surface area contributed by atoms with Crippen LogP contribution in [0.1, 0.15) is 122 Å². The van der Waals surface area contributed by atoms with Gasteiger partial charge < -0.3 is 89.9 Å². The fourth-order valence-electron chi connectivity index (χ4n) is 10.9. The quantitative estimate of drug-likeness (QED) is 0.0166. The Balaban J connectivity index is 1.26. The molecular weight excluding hydrogens is 1220 g/mol. The maximum Gasteiger partial charge on any atom is 0.315 e. The number of phenols is 1. The summed E-state index contributed by atoms with van der Waals surface area (Å²) in [6.45, 7) is 5.29. The number of hydrogen-bond donors (Lipinski definition) is 14. The second-order valence-electron chi connectivity index (χ2n) is 24.0. The summed E-state index contributed by atoms with van der Waals surface area (Å²) in [6, 6.07) is -2.71. The number of aliphatic imine (C=N–C) groups is 1. The number of guanidine groups is 1. The van der Waals surface area contributed by atoms with E-state index in [1.54, 1.807) is 13.1 Å². The second-order valence-corrected chi connectivity index (χ2v) is 25.2. The van der Waals surface area contributed by atoms with Gasteiger partial charge in [-0.05, 0) is 88.3 Å². The van der Waals surface area contributed by atoms with Crippen molar-refractivity contribution in [3.63, 3.8) is 0 Å². The van der Waals surface area contributed by atoms with Crippen LogP contribution in [0.25, 0.3) is 0 Å². The molecule has 0 radical (unpaired) electrons. The van der Waals surface area contributed by atoms with E-state index >= 15 is 0 Å². The first-order chi connectivity index (χ1) is 44.0. The van der Waals surface area contributed by atoms with Crippen LogP contribution in [-0.4, -0.2) is 208 Å². The number of nitrogens with one attached hydrogen (secondary N) is 8. The fourth-order valence-corrected chi connectivity index (χ4v) is 12.4. The van der Waals surface area contributed by atoms with Crippen LogP contribution in [0.2, 0.25) is 0 Å². The van der Waals surface area contributed by atoms with Crippen LogP contribution < -0.4 is 65.5 Å². The lowest BCUT2D eigenvalue weighted by Gasteiger charge is -2.32. The lowest BCUT2D eigenvalue weighted by Crippen LogP contribution is -2.61. The molecule has 2 saturated heterocycles. The van der Waals surface area contributed by atoms with E-state index in [0.717, 1.165) is 25.0 Å². The van der Waals surface area contributed by atoms with Gasteiger partial charge in [0.05, 0.1) is 68.8 Å². The fraction of sp³-hybridized carbons (Fsp3) is 0.683. The summed E-state index contributed by atoms with van der Waals surface area (Å²) in [5.74, 6) is -6.74. The van der Waals surface area contributed by atoms with Gasteiger partial charge in [-0.2, -0.15) is 11.8 Å². The van der Waals surface area contributed by atoms with Gasteiger partial charge in [0.1, 0.15) is 42.3 Å². The lowest BCUT2D eigenvalue weighted by atomic mass is 9.95. The molecule has 5 rings (SSSR count). The number of amides is 9. The highest BCUT2D eigenvalue weighted by Gasteiger charge is 2.43. The van der Waals surface area contributed by atoms with Crippen molar-refractivity contribution in [2.75, 3.05) is 58.5 Å². The Labute approximate surface area is 540 Å². The molecule has 2 fully saturated rings. The first kappa shape index (κ1) is 75.2. The Kier molecular flexibility index (Phi) is 32.5. The number of unbranched alkanes of at least 4 members (excludes halogenated alkanes) is 1. The number of fused-ring (bicyclic) bond motifs is 3. The van der Waals surface area contributed by atoms with Crippen molar-refractivity contribution in [1.29, 1.82) is 0 Å². The number of nitrogens with two attached hydrogens (primary N) is 4. The zero-order valence-corrected chi connectivity index (χ0v) is 53.7. The molecule has 11 atom stereocenters. The third-order valence-corrected chi connectivity index (χ3v) is 17.3. The van der Waals surface area contributed by atoms with Crippen molar-refractivity contribution in [2.24, 2.45) is 39.8 Å². The Morgan fingerprint density at radius 2 is 1.39 bits per heavy atom. The second kappa shape index (κ2) is 39.8. The number of rotatable bonds is 31. The molecule has 32 heteroatoms. The molecule has 3 aliphatic rings. The molecule has 0 saturated carbocycles. The van der Waals surface area contributed by atoms with Crippen LogP contribution in [0, 0.1) is 11.8 Å². The average molecular weight is 1310 g/mol. The maximum atomic E-state index is 14.5. The van der Waals surface area contributed by atoms with Crippen molar-refractivity contribution in [1.82, 2.24) is 57.5 Å². The van der Waals surface area contributed by atoms with Gasteiger partial charge in [-0.15, -0.1) is 5.10 Å². The number of ether oxygens (including phenoxy) is 3. The van der Waals surface area contributed by atoms with Crippen LogP contribution in [0.15, 0.2) is 35.5 Å². The molecular formula is C60H96N16O15S. The summed E-state index contributed by atoms with van der Waals surface area (Å²) in [5.41, 5.74) is 23.4. The number of hydrogen-bond acceptors (Lipinski definition) is 20. The minimum Gasteiger partial charge on any atom is -0.508 e. The van der Waals surface area contributed by atoms with Gasteiger partial charge in [-0.3, -0.25) is 52.8 Å². The molecule has 4 heterocycles. The Morgan fingerprint density at radius 3 is 2.09 bits per heavy atom. The number of aromatic nitrogens is 3.